The van der Waals surface area contributed by atoms with Crippen molar-refractivity contribution in [3.63, 3.8) is 0 Å². The third kappa shape index (κ3) is 1.62. The van der Waals surface area contributed by atoms with E-state index in [2.05, 4.69) is 26.0 Å². The fourth-order valence-electron chi connectivity index (χ4n) is 1.91. The van der Waals surface area contributed by atoms with E-state index in [1.165, 1.54) is 11.1 Å². The summed E-state index contributed by atoms with van der Waals surface area (Å²) in [6, 6.07) is 6.47. The van der Waals surface area contributed by atoms with Crippen LogP contribution in [-0.4, -0.2) is 6.10 Å². The van der Waals surface area contributed by atoms with Gasteiger partial charge in [0.2, 0.25) is 0 Å². The van der Waals surface area contributed by atoms with Gasteiger partial charge in [0.05, 0.1) is 0 Å². The molecule has 0 aliphatic carbocycles. The third-order valence-electron chi connectivity index (χ3n) is 2.79. The Kier molecular flexibility index (Phi) is 2.46. The minimum absolute atomic E-state index is 0.163. The maximum Gasteiger partial charge on any atom is 0.123 e. The zero-order valence-electron chi connectivity index (χ0n) is 8.79. The molecule has 1 aromatic rings. The summed E-state index contributed by atoms with van der Waals surface area (Å²) in [5.41, 5.74) is 8.51. The van der Waals surface area contributed by atoms with Gasteiger partial charge in [-0.3, -0.25) is 0 Å². The lowest BCUT2D eigenvalue weighted by molar-refractivity contribution is 0.254. The van der Waals surface area contributed by atoms with Gasteiger partial charge in [0.1, 0.15) is 11.9 Å². The molecule has 0 radical (unpaired) electrons. The molecule has 2 nitrogen and oxygen atoms in total. The maximum absolute atomic E-state index is 5.98. The highest BCUT2D eigenvalue weighted by Crippen LogP contribution is 2.31. The molecule has 2 rings (SSSR count). The molecule has 0 aromatic heterocycles. The maximum atomic E-state index is 5.98. The first-order valence-corrected chi connectivity index (χ1v) is 5.25. The smallest absolute Gasteiger partial charge is 0.123 e. The molecule has 1 heterocycles. The van der Waals surface area contributed by atoms with Crippen LogP contribution in [0, 0.1) is 0 Å². The lowest BCUT2D eigenvalue weighted by atomic mass is 10.0. The predicted molar refractivity (Wildman–Crippen MR) is 57.5 cm³/mol. The van der Waals surface area contributed by atoms with E-state index in [4.69, 9.17) is 10.5 Å². The summed E-state index contributed by atoms with van der Waals surface area (Å²) in [6.45, 7) is 4.20. The average molecular weight is 191 g/mol. The average Bonchev–Trinajstić information content (AvgIpc) is 2.55. The van der Waals surface area contributed by atoms with Crippen molar-refractivity contribution in [2.45, 2.75) is 38.8 Å². The first-order chi connectivity index (χ1) is 6.70. The summed E-state index contributed by atoms with van der Waals surface area (Å²) in [7, 11) is 0. The number of hydrogen-bond acceptors (Lipinski definition) is 2. The predicted octanol–water partition coefficient (Wildman–Crippen LogP) is 2.42. The Labute approximate surface area is 85.1 Å². The van der Waals surface area contributed by atoms with Crippen LogP contribution in [0.2, 0.25) is 0 Å². The number of ether oxygens (including phenoxy) is 1. The van der Waals surface area contributed by atoms with E-state index in [9.17, 15) is 0 Å². The minimum atomic E-state index is 0.163. The zero-order valence-corrected chi connectivity index (χ0v) is 8.79. The van der Waals surface area contributed by atoms with Crippen LogP contribution in [0.25, 0.3) is 0 Å². The van der Waals surface area contributed by atoms with Crippen LogP contribution in [0.3, 0.4) is 0 Å². The Morgan fingerprint density at radius 1 is 1.57 bits per heavy atom. The van der Waals surface area contributed by atoms with E-state index >= 15 is 0 Å². The van der Waals surface area contributed by atoms with Crippen molar-refractivity contribution in [1.82, 2.24) is 0 Å². The molecule has 1 aliphatic heterocycles. The van der Waals surface area contributed by atoms with Gasteiger partial charge in [-0.05, 0) is 30.5 Å². The molecule has 2 N–H and O–H groups in total. The van der Waals surface area contributed by atoms with Gasteiger partial charge in [-0.15, -0.1) is 0 Å². The second kappa shape index (κ2) is 3.62. The number of nitrogens with two attached hydrogens (primary N) is 1. The topological polar surface area (TPSA) is 35.2 Å². The molecule has 0 saturated heterocycles. The molecule has 14 heavy (non-hydrogen) atoms. The van der Waals surface area contributed by atoms with Gasteiger partial charge < -0.3 is 10.5 Å². The number of fused-ring (bicyclic) bond motifs is 1. The molecular weight excluding hydrogens is 174 g/mol. The highest BCUT2D eigenvalue weighted by atomic mass is 16.5. The van der Waals surface area contributed by atoms with Gasteiger partial charge in [0.15, 0.2) is 0 Å². The van der Waals surface area contributed by atoms with Crippen LogP contribution in [0.4, 0.5) is 0 Å². The molecule has 0 fully saturated rings. The largest absolute Gasteiger partial charge is 0.490 e. The van der Waals surface area contributed by atoms with Crippen LogP contribution >= 0.6 is 0 Å². The lowest BCUT2D eigenvalue weighted by Gasteiger charge is -2.10. The number of benzene rings is 1. The van der Waals surface area contributed by atoms with Crippen LogP contribution in [-0.2, 0) is 6.42 Å². The van der Waals surface area contributed by atoms with Gasteiger partial charge in [-0.1, -0.05) is 19.1 Å². The fourth-order valence-corrected chi connectivity index (χ4v) is 1.91. The minimum Gasteiger partial charge on any atom is -0.490 e. The summed E-state index contributed by atoms with van der Waals surface area (Å²) >= 11 is 0. The van der Waals surface area contributed by atoms with Gasteiger partial charge in [-0.2, -0.15) is 0 Å². The Morgan fingerprint density at radius 3 is 3.07 bits per heavy atom. The van der Waals surface area contributed by atoms with E-state index < -0.39 is 0 Å². The standard InChI is InChI=1S/C12H17NO/c1-3-11(13)9-4-5-12-10(7-9)6-8(2)14-12/h4-5,7-8,11H,3,6,13H2,1-2H3/t8-,11+/m1/s1. The van der Waals surface area contributed by atoms with Crippen molar-refractivity contribution < 1.29 is 4.74 Å². The van der Waals surface area contributed by atoms with E-state index in [0.717, 1.165) is 18.6 Å². The molecule has 2 atom stereocenters. The van der Waals surface area contributed by atoms with Gasteiger partial charge >= 0.3 is 0 Å². The van der Waals surface area contributed by atoms with Gasteiger partial charge in [-0.25, -0.2) is 0 Å². The summed E-state index contributed by atoms with van der Waals surface area (Å²) in [5.74, 6) is 1.03. The highest BCUT2D eigenvalue weighted by Gasteiger charge is 2.19. The molecule has 76 valence electrons. The summed E-state index contributed by atoms with van der Waals surface area (Å²) < 4.78 is 5.63. The zero-order chi connectivity index (χ0) is 10.1. The normalized spacial score (nSPS) is 21.5. The summed E-state index contributed by atoms with van der Waals surface area (Å²) in [6.07, 6.45) is 2.31. The Morgan fingerprint density at radius 2 is 2.36 bits per heavy atom. The van der Waals surface area contributed by atoms with E-state index in [0.29, 0.717) is 6.10 Å². The van der Waals surface area contributed by atoms with Crippen molar-refractivity contribution in [3.8, 4) is 5.75 Å². The molecule has 1 aliphatic rings. The van der Waals surface area contributed by atoms with Gasteiger partial charge in [0, 0.05) is 12.5 Å². The Balaban J connectivity index is 2.28. The van der Waals surface area contributed by atoms with Crippen LogP contribution in [0.5, 0.6) is 5.75 Å². The second-order valence-corrected chi connectivity index (χ2v) is 4.01. The third-order valence-corrected chi connectivity index (χ3v) is 2.79. The van der Waals surface area contributed by atoms with Crippen molar-refractivity contribution in [2.24, 2.45) is 5.73 Å². The first-order valence-electron chi connectivity index (χ1n) is 5.25. The summed E-state index contributed by atoms with van der Waals surface area (Å²) in [5, 5.41) is 0. The summed E-state index contributed by atoms with van der Waals surface area (Å²) in [4.78, 5) is 0. The molecule has 0 spiro atoms. The monoisotopic (exact) mass is 191 g/mol. The van der Waals surface area contributed by atoms with E-state index in [1.807, 2.05) is 6.07 Å². The van der Waals surface area contributed by atoms with Crippen LogP contribution in [0.1, 0.15) is 37.4 Å². The second-order valence-electron chi connectivity index (χ2n) is 4.01. The molecule has 0 saturated carbocycles. The van der Waals surface area contributed by atoms with E-state index in [-0.39, 0.29) is 6.04 Å². The van der Waals surface area contributed by atoms with Crippen molar-refractivity contribution in [2.75, 3.05) is 0 Å². The molecule has 0 unspecified atom stereocenters. The van der Waals surface area contributed by atoms with Crippen LogP contribution < -0.4 is 10.5 Å². The van der Waals surface area contributed by atoms with Crippen molar-refractivity contribution >= 4 is 0 Å². The molecule has 1 aromatic carbocycles. The molecule has 0 bridgehead atoms. The van der Waals surface area contributed by atoms with E-state index in [1.54, 1.807) is 0 Å². The fraction of sp³-hybridized carbons (Fsp3) is 0.500. The quantitative estimate of drug-likeness (QED) is 0.779. The SMILES string of the molecule is CC[C@H](N)c1ccc2c(c1)C[C@@H](C)O2. The molecule has 0 amide bonds. The molecule has 2 heteroatoms. The van der Waals surface area contributed by atoms with Gasteiger partial charge in [0.25, 0.3) is 0 Å². The van der Waals surface area contributed by atoms with Crippen molar-refractivity contribution in [1.29, 1.82) is 0 Å². The van der Waals surface area contributed by atoms with Crippen molar-refractivity contribution in [3.05, 3.63) is 29.3 Å². The first kappa shape index (κ1) is 9.53. The lowest BCUT2D eigenvalue weighted by Crippen LogP contribution is -2.08. The Hall–Kier alpha value is -1.02. The molecular formula is C12H17NO. The highest BCUT2D eigenvalue weighted by molar-refractivity contribution is 5.41. The van der Waals surface area contributed by atoms with Crippen LogP contribution in [0.15, 0.2) is 18.2 Å². The Bertz CT molecular complexity index is 335. The number of hydrogen-bond donors (Lipinski definition) is 1. The number of rotatable bonds is 2.